The lowest BCUT2D eigenvalue weighted by Gasteiger charge is -2.22. The van der Waals surface area contributed by atoms with Crippen molar-refractivity contribution in [1.29, 1.82) is 0 Å². The summed E-state index contributed by atoms with van der Waals surface area (Å²) in [6.07, 6.45) is 0.741. The maximum atomic E-state index is 10.9. The molecule has 0 fully saturated rings. The smallest absolute Gasteiger partial charge is 0.364 e. The van der Waals surface area contributed by atoms with Crippen molar-refractivity contribution in [3.05, 3.63) is 43.0 Å². The van der Waals surface area contributed by atoms with Gasteiger partial charge in [0.25, 0.3) is 0 Å². The second-order valence-corrected chi connectivity index (χ2v) is 2.97. The van der Waals surface area contributed by atoms with Crippen molar-refractivity contribution >= 4 is 11.9 Å². The summed E-state index contributed by atoms with van der Waals surface area (Å²) in [7, 11) is 0. The summed E-state index contributed by atoms with van der Waals surface area (Å²) in [5, 5.41) is 17.8. The van der Waals surface area contributed by atoms with Crippen LogP contribution < -0.4 is 4.74 Å². The molecule has 0 unspecified atom stereocenters. The second-order valence-electron chi connectivity index (χ2n) is 2.97. The lowest BCUT2D eigenvalue weighted by molar-refractivity contribution is -0.166. The fourth-order valence-corrected chi connectivity index (χ4v) is 1.07. The van der Waals surface area contributed by atoms with E-state index in [0.29, 0.717) is 0 Å². The van der Waals surface area contributed by atoms with Gasteiger partial charge < -0.3 is 14.9 Å². The first-order valence-electron chi connectivity index (χ1n) is 4.37. The van der Waals surface area contributed by atoms with Crippen LogP contribution in [0, 0.1) is 0 Å². The molecule has 1 aromatic rings. The van der Waals surface area contributed by atoms with Gasteiger partial charge in [0.2, 0.25) is 0 Å². The number of benzene rings is 1. The quantitative estimate of drug-likeness (QED) is 0.577. The molecule has 5 heteroatoms. The van der Waals surface area contributed by atoms with E-state index in [0.717, 1.165) is 6.08 Å². The molecule has 0 saturated heterocycles. The van der Waals surface area contributed by atoms with Gasteiger partial charge in [-0.25, -0.2) is 9.59 Å². The number of ether oxygens (including phenoxy) is 1. The Balaban J connectivity index is 3.09. The average Bonchev–Trinajstić information content (AvgIpc) is 2.26. The van der Waals surface area contributed by atoms with Gasteiger partial charge in [0.1, 0.15) is 5.75 Å². The largest absolute Gasteiger partial charge is 0.478 e. The lowest BCUT2D eigenvalue weighted by Crippen LogP contribution is -2.50. The third-order valence-corrected chi connectivity index (χ3v) is 1.94. The molecule has 0 radical (unpaired) electrons. The Morgan fingerprint density at radius 1 is 1.19 bits per heavy atom. The maximum absolute atomic E-state index is 10.9. The SMILES string of the molecule is C=CC(Oc1ccccc1)(C(=O)O)C(=O)O. The fourth-order valence-electron chi connectivity index (χ4n) is 1.07. The fraction of sp³-hybridized carbons (Fsp3) is 0.0909. The minimum absolute atomic E-state index is 0.146. The highest BCUT2D eigenvalue weighted by Gasteiger charge is 2.46. The summed E-state index contributed by atoms with van der Waals surface area (Å²) in [6.45, 7) is 3.19. The molecule has 2 N–H and O–H groups in total. The minimum Gasteiger partial charge on any atom is -0.478 e. The third kappa shape index (κ3) is 2.03. The monoisotopic (exact) mass is 222 g/mol. The molecule has 84 valence electrons. The standard InChI is InChI=1S/C11H10O5/c1-2-11(9(12)13,10(14)15)16-8-6-4-3-5-7-8/h2-7H,1H2,(H,12,13)(H,14,15). The van der Waals surface area contributed by atoms with Crippen molar-refractivity contribution in [3.8, 4) is 5.75 Å². The van der Waals surface area contributed by atoms with E-state index in [2.05, 4.69) is 6.58 Å². The molecule has 0 atom stereocenters. The Labute approximate surface area is 91.6 Å². The first-order chi connectivity index (χ1) is 7.53. The number of carboxylic acid groups (broad SMARTS) is 2. The van der Waals surface area contributed by atoms with Crippen LogP contribution in [0.3, 0.4) is 0 Å². The zero-order valence-corrected chi connectivity index (χ0v) is 8.29. The molecular weight excluding hydrogens is 212 g/mol. The number of hydrogen-bond acceptors (Lipinski definition) is 3. The van der Waals surface area contributed by atoms with Crippen molar-refractivity contribution in [2.45, 2.75) is 5.60 Å². The molecular formula is C11H10O5. The average molecular weight is 222 g/mol. The summed E-state index contributed by atoms with van der Waals surface area (Å²) < 4.78 is 4.96. The number of aliphatic carboxylic acids is 2. The second kappa shape index (κ2) is 4.48. The molecule has 0 saturated carbocycles. The number of para-hydroxylation sites is 1. The van der Waals surface area contributed by atoms with Crippen molar-refractivity contribution < 1.29 is 24.5 Å². The molecule has 0 aromatic heterocycles. The Kier molecular flexibility index (Phi) is 3.30. The highest BCUT2D eigenvalue weighted by Crippen LogP contribution is 2.20. The van der Waals surface area contributed by atoms with Crippen LogP contribution >= 0.6 is 0 Å². The molecule has 0 aliphatic carbocycles. The zero-order valence-electron chi connectivity index (χ0n) is 8.29. The normalized spacial score (nSPS) is 10.5. The van der Waals surface area contributed by atoms with E-state index in [1.807, 2.05) is 0 Å². The van der Waals surface area contributed by atoms with Gasteiger partial charge in [-0.05, 0) is 18.2 Å². The van der Waals surface area contributed by atoms with Crippen LogP contribution in [0.5, 0.6) is 5.75 Å². The highest BCUT2D eigenvalue weighted by molar-refractivity contribution is 6.04. The van der Waals surface area contributed by atoms with Gasteiger partial charge in [0, 0.05) is 0 Å². The Morgan fingerprint density at radius 2 is 1.69 bits per heavy atom. The van der Waals surface area contributed by atoms with Gasteiger partial charge in [-0.3, -0.25) is 0 Å². The van der Waals surface area contributed by atoms with E-state index in [1.165, 1.54) is 12.1 Å². The summed E-state index contributed by atoms with van der Waals surface area (Å²) in [4.78, 5) is 21.8. The van der Waals surface area contributed by atoms with Crippen molar-refractivity contribution in [2.75, 3.05) is 0 Å². The summed E-state index contributed by atoms with van der Waals surface area (Å²) in [5.41, 5.74) is -2.46. The summed E-state index contributed by atoms with van der Waals surface area (Å²) in [5.74, 6) is -3.11. The van der Waals surface area contributed by atoms with E-state index in [4.69, 9.17) is 14.9 Å². The molecule has 1 rings (SSSR count). The minimum atomic E-state index is -2.46. The number of hydrogen-bond donors (Lipinski definition) is 2. The van der Waals surface area contributed by atoms with Gasteiger partial charge in [-0.2, -0.15) is 0 Å². The first kappa shape index (κ1) is 11.8. The van der Waals surface area contributed by atoms with Crippen LogP contribution in [-0.4, -0.2) is 27.8 Å². The van der Waals surface area contributed by atoms with Crippen molar-refractivity contribution in [2.24, 2.45) is 0 Å². The molecule has 0 bridgehead atoms. The van der Waals surface area contributed by atoms with Crippen LogP contribution in [0.2, 0.25) is 0 Å². The Hall–Kier alpha value is -2.30. The van der Waals surface area contributed by atoms with Crippen LogP contribution in [0.25, 0.3) is 0 Å². The molecule has 5 nitrogen and oxygen atoms in total. The maximum Gasteiger partial charge on any atom is 0.364 e. The predicted molar refractivity (Wildman–Crippen MR) is 55.3 cm³/mol. The van der Waals surface area contributed by atoms with Gasteiger partial charge in [0.05, 0.1) is 0 Å². The molecule has 0 spiro atoms. The van der Waals surface area contributed by atoms with Crippen LogP contribution in [0.4, 0.5) is 0 Å². The molecule has 1 aromatic carbocycles. The van der Waals surface area contributed by atoms with Crippen LogP contribution in [0.1, 0.15) is 0 Å². The first-order valence-corrected chi connectivity index (χ1v) is 4.37. The summed E-state index contributed by atoms with van der Waals surface area (Å²) in [6, 6.07) is 7.83. The van der Waals surface area contributed by atoms with Crippen LogP contribution in [-0.2, 0) is 9.59 Å². The van der Waals surface area contributed by atoms with E-state index in [1.54, 1.807) is 18.2 Å². The van der Waals surface area contributed by atoms with Crippen LogP contribution in [0.15, 0.2) is 43.0 Å². The van der Waals surface area contributed by atoms with Crippen molar-refractivity contribution in [1.82, 2.24) is 0 Å². The Bertz CT molecular complexity index is 396. The number of carbonyl (C=O) groups is 2. The molecule has 0 aliphatic rings. The van der Waals surface area contributed by atoms with E-state index in [9.17, 15) is 9.59 Å². The molecule has 0 heterocycles. The highest BCUT2D eigenvalue weighted by atomic mass is 16.6. The Morgan fingerprint density at radius 3 is 2.06 bits per heavy atom. The summed E-state index contributed by atoms with van der Waals surface area (Å²) >= 11 is 0. The number of rotatable bonds is 5. The van der Waals surface area contributed by atoms with Gasteiger partial charge >= 0.3 is 17.5 Å². The van der Waals surface area contributed by atoms with Gasteiger partial charge in [-0.1, -0.05) is 24.8 Å². The molecule has 16 heavy (non-hydrogen) atoms. The van der Waals surface area contributed by atoms with Gasteiger partial charge in [-0.15, -0.1) is 0 Å². The van der Waals surface area contributed by atoms with E-state index < -0.39 is 17.5 Å². The van der Waals surface area contributed by atoms with Crippen molar-refractivity contribution in [3.63, 3.8) is 0 Å². The lowest BCUT2D eigenvalue weighted by atomic mass is 10.1. The number of carboxylic acids is 2. The van der Waals surface area contributed by atoms with Gasteiger partial charge in [0.15, 0.2) is 0 Å². The molecule has 0 amide bonds. The predicted octanol–water partition coefficient (Wildman–Crippen LogP) is 1.16. The molecule has 0 aliphatic heterocycles. The zero-order chi connectivity index (χ0) is 12.2. The van der Waals surface area contributed by atoms with E-state index in [-0.39, 0.29) is 5.75 Å². The third-order valence-electron chi connectivity index (χ3n) is 1.94. The van der Waals surface area contributed by atoms with E-state index >= 15 is 0 Å². The topological polar surface area (TPSA) is 83.8 Å².